The normalized spacial score (nSPS) is 20.4. The van der Waals surface area contributed by atoms with Crippen LogP contribution in [-0.2, 0) is 11.3 Å². The zero-order valence-electron chi connectivity index (χ0n) is 10.1. The molecule has 0 amide bonds. The van der Waals surface area contributed by atoms with E-state index in [0.29, 0.717) is 11.5 Å². The van der Waals surface area contributed by atoms with Crippen LogP contribution in [0.4, 0.5) is 0 Å². The van der Waals surface area contributed by atoms with Gasteiger partial charge in [0.25, 0.3) is 0 Å². The molecule has 16 heavy (non-hydrogen) atoms. The van der Waals surface area contributed by atoms with Crippen LogP contribution in [0.3, 0.4) is 0 Å². The van der Waals surface area contributed by atoms with Gasteiger partial charge >= 0.3 is 0 Å². The third-order valence-corrected chi connectivity index (χ3v) is 3.13. The van der Waals surface area contributed by atoms with Gasteiger partial charge in [-0.3, -0.25) is 4.68 Å². The van der Waals surface area contributed by atoms with Crippen molar-refractivity contribution in [2.24, 2.45) is 5.41 Å². The van der Waals surface area contributed by atoms with Gasteiger partial charge in [-0.15, -0.1) is 0 Å². The molecule has 0 bridgehead atoms. The van der Waals surface area contributed by atoms with Gasteiger partial charge in [0.1, 0.15) is 0 Å². The molecular formula is C12H21N3O. The van der Waals surface area contributed by atoms with Gasteiger partial charge in [0.2, 0.25) is 0 Å². The highest BCUT2D eigenvalue weighted by molar-refractivity contribution is 4.84. The number of ether oxygens (including phenoxy) is 1. The molecule has 2 rings (SSSR count). The summed E-state index contributed by atoms with van der Waals surface area (Å²) in [5.41, 5.74) is 0.361. The molecule has 1 aliphatic heterocycles. The number of hydrogen-bond acceptors (Lipinski definition) is 3. The van der Waals surface area contributed by atoms with Crippen LogP contribution >= 0.6 is 0 Å². The third-order valence-electron chi connectivity index (χ3n) is 3.13. The lowest BCUT2D eigenvalue weighted by Gasteiger charge is -2.39. The summed E-state index contributed by atoms with van der Waals surface area (Å²) >= 11 is 0. The maximum Gasteiger partial charge on any atom is 0.0554 e. The van der Waals surface area contributed by atoms with Crippen LogP contribution in [0.25, 0.3) is 0 Å². The SMILES string of the molecule is CC(CCn1cccn1)NCC1(C)COC1. The molecule has 1 aromatic rings. The number of nitrogens with one attached hydrogen (secondary N) is 1. The lowest BCUT2D eigenvalue weighted by atomic mass is 9.88. The standard InChI is InChI=1S/C12H21N3O/c1-11(4-7-15-6-3-5-14-15)13-8-12(2)9-16-10-12/h3,5-6,11,13H,4,7-10H2,1-2H3. The predicted octanol–water partition coefficient (Wildman–Crippen LogP) is 1.29. The van der Waals surface area contributed by atoms with Crippen LogP contribution in [0.5, 0.6) is 0 Å². The number of rotatable bonds is 6. The number of aromatic nitrogens is 2. The Morgan fingerprint density at radius 2 is 2.38 bits per heavy atom. The Morgan fingerprint density at radius 3 is 2.94 bits per heavy atom. The number of nitrogens with zero attached hydrogens (tertiary/aromatic N) is 2. The molecule has 2 heterocycles. The van der Waals surface area contributed by atoms with Gasteiger partial charge in [0.05, 0.1) is 13.2 Å². The Labute approximate surface area is 97.0 Å². The first-order valence-corrected chi connectivity index (χ1v) is 5.97. The van der Waals surface area contributed by atoms with E-state index >= 15 is 0 Å². The van der Waals surface area contributed by atoms with Crippen molar-refractivity contribution >= 4 is 0 Å². The lowest BCUT2D eigenvalue weighted by molar-refractivity contribution is -0.0999. The van der Waals surface area contributed by atoms with Crippen LogP contribution in [-0.4, -0.2) is 35.6 Å². The van der Waals surface area contributed by atoms with Crippen LogP contribution in [0.2, 0.25) is 0 Å². The van der Waals surface area contributed by atoms with Crippen LogP contribution in [0.15, 0.2) is 18.5 Å². The summed E-state index contributed by atoms with van der Waals surface area (Å²) in [6, 6.07) is 2.49. The molecular weight excluding hydrogens is 202 g/mol. The maximum absolute atomic E-state index is 5.23. The van der Waals surface area contributed by atoms with Crippen molar-refractivity contribution in [1.82, 2.24) is 15.1 Å². The Morgan fingerprint density at radius 1 is 1.56 bits per heavy atom. The van der Waals surface area contributed by atoms with E-state index in [0.717, 1.165) is 32.7 Å². The van der Waals surface area contributed by atoms with Gasteiger partial charge < -0.3 is 10.1 Å². The minimum atomic E-state index is 0.361. The molecule has 1 unspecified atom stereocenters. The largest absolute Gasteiger partial charge is 0.380 e. The smallest absolute Gasteiger partial charge is 0.0554 e. The van der Waals surface area contributed by atoms with E-state index in [1.807, 2.05) is 23.1 Å². The van der Waals surface area contributed by atoms with E-state index in [9.17, 15) is 0 Å². The average Bonchev–Trinajstić information content (AvgIpc) is 2.73. The third kappa shape index (κ3) is 3.06. The Balaban J connectivity index is 1.62. The van der Waals surface area contributed by atoms with Crippen molar-refractivity contribution in [3.8, 4) is 0 Å². The molecule has 0 aliphatic carbocycles. The molecule has 1 saturated heterocycles. The summed E-state index contributed by atoms with van der Waals surface area (Å²) in [5, 5.41) is 7.76. The highest BCUT2D eigenvalue weighted by atomic mass is 16.5. The second kappa shape index (κ2) is 4.97. The molecule has 1 aliphatic rings. The van der Waals surface area contributed by atoms with Crippen molar-refractivity contribution in [2.75, 3.05) is 19.8 Å². The van der Waals surface area contributed by atoms with Gasteiger partial charge in [-0.05, 0) is 19.4 Å². The Hall–Kier alpha value is -0.870. The van der Waals surface area contributed by atoms with E-state index in [4.69, 9.17) is 4.74 Å². The van der Waals surface area contributed by atoms with Crippen molar-refractivity contribution in [3.63, 3.8) is 0 Å². The number of hydrogen-bond donors (Lipinski definition) is 1. The summed E-state index contributed by atoms with van der Waals surface area (Å²) in [7, 11) is 0. The highest BCUT2D eigenvalue weighted by Gasteiger charge is 2.33. The molecule has 90 valence electrons. The summed E-state index contributed by atoms with van der Waals surface area (Å²) in [4.78, 5) is 0. The predicted molar refractivity (Wildman–Crippen MR) is 63.2 cm³/mol. The molecule has 0 aromatic carbocycles. The van der Waals surface area contributed by atoms with Gasteiger partial charge in [0, 0.05) is 36.9 Å². The van der Waals surface area contributed by atoms with Crippen molar-refractivity contribution < 1.29 is 4.74 Å². The topological polar surface area (TPSA) is 39.1 Å². The van der Waals surface area contributed by atoms with Crippen LogP contribution in [0.1, 0.15) is 20.3 Å². The molecule has 1 atom stereocenters. The first-order chi connectivity index (χ1) is 7.68. The minimum absolute atomic E-state index is 0.361. The first kappa shape index (κ1) is 11.6. The summed E-state index contributed by atoms with van der Waals surface area (Å²) in [6.07, 6.45) is 4.94. The fourth-order valence-electron chi connectivity index (χ4n) is 1.83. The van der Waals surface area contributed by atoms with E-state index in [-0.39, 0.29) is 0 Å². The van der Waals surface area contributed by atoms with E-state index in [2.05, 4.69) is 24.3 Å². The second-order valence-electron chi connectivity index (χ2n) is 5.14. The van der Waals surface area contributed by atoms with Gasteiger partial charge in [-0.1, -0.05) is 6.92 Å². The zero-order chi connectivity index (χ0) is 11.4. The second-order valence-corrected chi connectivity index (χ2v) is 5.14. The molecule has 4 heteroatoms. The molecule has 1 N–H and O–H groups in total. The number of aryl methyl sites for hydroxylation is 1. The first-order valence-electron chi connectivity index (χ1n) is 5.97. The lowest BCUT2D eigenvalue weighted by Crippen LogP contribution is -2.49. The maximum atomic E-state index is 5.23. The van der Waals surface area contributed by atoms with Gasteiger partial charge in [-0.2, -0.15) is 5.10 Å². The molecule has 0 saturated carbocycles. The fraction of sp³-hybridized carbons (Fsp3) is 0.750. The van der Waals surface area contributed by atoms with Crippen LogP contribution < -0.4 is 5.32 Å². The van der Waals surface area contributed by atoms with Crippen molar-refractivity contribution in [1.29, 1.82) is 0 Å². The Kier molecular flexibility index (Phi) is 3.61. The molecule has 1 fully saturated rings. The highest BCUT2D eigenvalue weighted by Crippen LogP contribution is 2.25. The van der Waals surface area contributed by atoms with E-state index in [1.165, 1.54) is 0 Å². The zero-order valence-corrected chi connectivity index (χ0v) is 10.1. The molecule has 0 radical (unpaired) electrons. The van der Waals surface area contributed by atoms with Gasteiger partial charge in [0.15, 0.2) is 0 Å². The summed E-state index contributed by atoms with van der Waals surface area (Å²) in [6.45, 7) is 8.31. The molecule has 0 spiro atoms. The fourth-order valence-corrected chi connectivity index (χ4v) is 1.83. The monoisotopic (exact) mass is 223 g/mol. The van der Waals surface area contributed by atoms with Crippen molar-refractivity contribution in [2.45, 2.75) is 32.9 Å². The average molecular weight is 223 g/mol. The summed E-state index contributed by atoms with van der Waals surface area (Å²) < 4.78 is 7.21. The minimum Gasteiger partial charge on any atom is -0.380 e. The van der Waals surface area contributed by atoms with E-state index < -0.39 is 0 Å². The van der Waals surface area contributed by atoms with Crippen molar-refractivity contribution in [3.05, 3.63) is 18.5 Å². The molecule has 4 nitrogen and oxygen atoms in total. The Bertz CT molecular complexity index is 306. The molecule has 1 aromatic heterocycles. The van der Waals surface area contributed by atoms with E-state index in [1.54, 1.807) is 0 Å². The summed E-state index contributed by atoms with van der Waals surface area (Å²) in [5.74, 6) is 0. The quantitative estimate of drug-likeness (QED) is 0.790. The van der Waals surface area contributed by atoms with Crippen LogP contribution in [0, 0.1) is 5.41 Å². The van der Waals surface area contributed by atoms with Gasteiger partial charge in [-0.25, -0.2) is 0 Å².